The van der Waals surface area contributed by atoms with Gasteiger partial charge >= 0.3 is 6.18 Å². The summed E-state index contributed by atoms with van der Waals surface area (Å²) in [5, 5.41) is 12.0. The van der Waals surface area contributed by atoms with Crippen LogP contribution in [0.3, 0.4) is 0 Å². The second kappa shape index (κ2) is 6.20. The van der Waals surface area contributed by atoms with Gasteiger partial charge in [-0.1, -0.05) is 0 Å². The molecule has 0 aliphatic carbocycles. The Kier molecular flexibility index (Phi) is 4.41. The van der Waals surface area contributed by atoms with Gasteiger partial charge in [-0.05, 0) is 26.7 Å². The largest absolute Gasteiger partial charge is 0.398 e. The van der Waals surface area contributed by atoms with Crippen molar-refractivity contribution in [1.29, 1.82) is 0 Å². The molecule has 2 aromatic rings. The first-order valence-corrected chi connectivity index (χ1v) is 8.30. The zero-order valence-corrected chi connectivity index (χ0v) is 13.8. The molecular formula is C14H18F3N5S. The van der Waals surface area contributed by atoms with Crippen molar-refractivity contribution in [2.75, 3.05) is 0 Å². The van der Waals surface area contributed by atoms with Crippen LogP contribution in [0, 0.1) is 13.8 Å². The number of nitrogens with one attached hydrogen (secondary N) is 1. The minimum absolute atomic E-state index is 0.0466. The van der Waals surface area contributed by atoms with Crippen molar-refractivity contribution >= 4 is 11.3 Å². The predicted molar refractivity (Wildman–Crippen MR) is 80.2 cm³/mol. The van der Waals surface area contributed by atoms with E-state index in [-0.39, 0.29) is 12.2 Å². The fraction of sp³-hybridized carbons (Fsp3) is 0.643. The molecule has 1 atom stereocenters. The topological polar surface area (TPSA) is 55.6 Å². The van der Waals surface area contributed by atoms with E-state index in [2.05, 4.69) is 20.5 Å². The van der Waals surface area contributed by atoms with Gasteiger partial charge in [-0.3, -0.25) is 0 Å². The van der Waals surface area contributed by atoms with Gasteiger partial charge in [0.2, 0.25) is 0 Å². The first-order valence-electron chi connectivity index (χ1n) is 7.48. The molecule has 1 aliphatic heterocycles. The molecule has 126 valence electrons. The molecule has 1 unspecified atom stereocenters. The van der Waals surface area contributed by atoms with Crippen LogP contribution in [0.4, 0.5) is 13.2 Å². The lowest BCUT2D eigenvalue weighted by molar-refractivity contribution is -0.156. The summed E-state index contributed by atoms with van der Waals surface area (Å²) >= 11 is 1.62. The van der Waals surface area contributed by atoms with Gasteiger partial charge in [-0.2, -0.15) is 13.2 Å². The van der Waals surface area contributed by atoms with Crippen molar-refractivity contribution in [3.63, 3.8) is 0 Å². The maximum atomic E-state index is 13.0. The summed E-state index contributed by atoms with van der Waals surface area (Å²) in [6, 6.07) is 0. The summed E-state index contributed by atoms with van der Waals surface area (Å²) in [7, 11) is 0. The highest BCUT2D eigenvalue weighted by Crippen LogP contribution is 2.40. The molecule has 3 rings (SSSR count). The third kappa shape index (κ3) is 3.40. The van der Waals surface area contributed by atoms with Crippen LogP contribution in [0.5, 0.6) is 0 Å². The molecule has 0 radical (unpaired) electrons. The molecule has 0 saturated heterocycles. The number of rotatable bonds is 4. The molecular weight excluding hydrogens is 327 g/mol. The predicted octanol–water partition coefficient (Wildman–Crippen LogP) is 3.08. The molecule has 0 amide bonds. The summed E-state index contributed by atoms with van der Waals surface area (Å²) < 4.78 is 40.8. The van der Waals surface area contributed by atoms with Gasteiger partial charge in [0.05, 0.1) is 17.2 Å². The lowest BCUT2D eigenvalue weighted by Gasteiger charge is -2.25. The van der Waals surface area contributed by atoms with Crippen molar-refractivity contribution in [3.8, 4) is 0 Å². The van der Waals surface area contributed by atoms with E-state index in [9.17, 15) is 13.2 Å². The normalized spacial score (nSPS) is 18.2. The number of nitrogens with zero attached hydrogens (tertiary/aromatic N) is 4. The first kappa shape index (κ1) is 16.4. The third-order valence-corrected chi connectivity index (χ3v) is 5.08. The van der Waals surface area contributed by atoms with Crippen LogP contribution in [0.2, 0.25) is 0 Å². The summed E-state index contributed by atoms with van der Waals surface area (Å²) in [6.45, 7) is 5.47. The van der Waals surface area contributed by atoms with Crippen LogP contribution in [-0.2, 0) is 19.6 Å². The Morgan fingerprint density at radius 3 is 2.70 bits per heavy atom. The second-order valence-corrected chi connectivity index (χ2v) is 7.00. The average molecular weight is 345 g/mol. The van der Waals surface area contributed by atoms with Crippen LogP contribution in [0.1, 0.15) is 46.0 Å². The summed E-state index contributed by atoms with van der Waals surface area (Å²) in [4.78, 5) is 5.49. The number of thiazole rings is 1. The van der Waals surface area contributed by atoms with E-state index in [0.29, 0.717) is 31.9 Å². The highest BCUT2D eigenvalue weighted by molar-refractivity contribution is 7.11. The Morgan fingerprint density at radius 2 is 2.04 bits per heavy atom. The van der Waals surface area contributed by atoms with Crippen molar-refractivity contribution in [2.45, 2.75) is 58.4 Å². The molecule has 0 spiro atoms. The fourth-order valence-electron chi connectivity index (χ4n) is 2.90. The number of fused-ring (bicyclic) bond motifs is 1. The van der Waals surface area contributed by atoms with Gasteiger partial charge < -0.3 is 9.88 Å². The lowest BCUT2D eigenvalue weighted by atomic mass is 9.98. The highest BCUT2D eigenvalue weighted by atomic mass is 32.1. The zero-order valence-electron chi connectivity index (χ0n) is 12.9. The molecule has 5 nitrogen and oxygen atoms in total. The first-order chi connectivity index (χ1) is 10.9. The highest BCUT2D eigenvalue weighted by Gasteiger charge is 2.45. The van der Waals surface area contributed by atoms with E-state index >= 15 is 0 Å². The minimum atomic E-state index is -4.26. The van der Waals surface area contributed by atoms with Crippen LogP contribution in [-0.4, -0.2) is 25.9 Å². The van der Waals surface area contributed by atoms with Gasteiger partial charge in [-0.25, -0.2) is 4.98 Å². The van der Waals surface area contributed by atoms with Crippen LogP contribution in [0.15, 0.2) is 0 Å². The van der Waals surface area contributed by atoms with E-state index < -0.39 is 12.1 Å². The van der Waals surface area contributed by atoms with Gasteiger partial charge in [0.1, 0.15) is 17.6 Å². The number of halogens is 3. The third-order valence-electron chi connectivity index (χ3n) is 4.01. The van der Waals surface area contributed by atoms with Gasteiger partial charge in [0.15, 0.2) is 0 Å². The number of aryl methyl sites for hydroxylation is 2. The van der Waals surface area contributed by atoms with Crippen LogP contribution in [0.25, 0.3) is 0 Å². The van der Waals surface area contributed by atoms with Crippen molar-refractivity contribution in [1.82, 2.24) is 25.1 Å². The zero-order chi connectivity index (χ0) is 16.6. The molecule has 0 fully saturated rings. The van der Waals surface area contributed by atoms with Crippen molar-refractivity contribution < 1.29 is 13.2 Å². The Balaban J connectivity index is 1.68. The monoisotopic (exact) mass is 345 g/mol. The maximum absolute atomic E-state index is 13.0. The number of aromatic nitrogens is 4. The molecule has 2 aromatic heterocycles. The Labute approximate surface area is 136 Å². The lowest BCUT2D eigenvalue weighted by Crippen LogP contribution is -2.29. The molecule has 23 heavy (non-hydrogen) atoms. The molecule has 0 aromatic carbocycles. The Bertz CT molecular complexity index is 691. The number of hydrogen-bond donors (Lipinski definition) is 1. The molecule has 3 heterocycles. The van der Waals surface area contributed by atoms with Gasteiger partial charge in [0, 0.05) is 18.0 Å². The molecule has 0 saturated carbocycles. The standard InChI is InChI=1S/C14H18F3N5S/c1-8-11(23-9(2)19-8)6-18-7-12-20-21-13-10(14(15,16)17)4-3-5-22(12)13/h10,18H,3-7H2,1-2H3. The van der Waals surface area contributed by atoms with E-state index in [1.165, 1.54) is 0 Å². The molecule has 9 heteroatoms. The van der Waals surface area contributed by atoms with E-state index in [1.807, 2.05) is 13.8 Å². The quantitative estimate of drug-likeness (QED) is 0.925. The molecule has 1 N–H and O–H groups in total. The fourth-order valence-corrected chi connectivity index (χ4v) is 3.81. The Morgan fingerprint density at radius 1 is 1.26 bits per heavy atom. The van der Waals surface area contributed by atoms with Crippen LogP contribution < -0.4 is 5.32 Å². The average Bonchev–Trinajstić information content (AvgIpc) is 3.01. The number of hydrogen-bond acceptors (Lipinski definition) is 5. The van der Waals surface area contributed by atoms with Crippen molar-refractivity contribution in [3.05, 3.63) is 27.2 Å². The van der Waals surface area contributed by atoms with E-state index in [1.54, 1.807) is 15.9 Å². The molecule has 1 aliphatic rings. The summed E-state index contributed by atoms with van der Waals surface area (Å²) in [5.74, 6) is -0.887. The van der Waals surface area contributed by atoms with E-state index in [0.717, 1.165) is 15.6 Å². The van der Waals surface area contributed by atoms with Crippen molar-refractivity contribution in [2.24, 2.45) is 0 Å². The molecule has 0 bridgehead atoms. The van der Waals surface area contributed by atoms with E-state index in [4.69, 9.17) is 0 Å². The Hall–Kier alpha value is -1.48. The SMILES string of the molecule is Cc1nc(C)c(CNCc2nnc3n2CCCC3C(F)(F)F)s1. The van der Waals surface area contributed by atoms with Gasteiger partial charge in [-0.15, -0.1) is 21.5 Å². The minimum Gasteiger partial charge on any atom is -0.313 e. The van der Waals surface area contributed by atoms with Gasteiger partial charge in [0.25, 0.3) is 0 Å². The summed E-state index contributed by atoms with van der Waals surface area (Å²) in [6.07, 6.45) is -3.67. The maximum Gasteiger partial charge on any atom is 0.398 e. The van der Waals surface area contributed by atoms with Crippen LogP contribution >= 0.6 is 11.3 Å². The second-order valence-electron chi connectivity index (χ2n) is 5.71. The summed E-state index contributed by atoms with van der Waals surface area (Å²) in [5.41, 5.74) is 0.986. The smallest absolute Gasteiger partial charge is 0.313 e. The number of alkyl halides is 3.